The normalized spacial score (nSPS) is 12.1. The first-order valence-electron chi connectivity index (χ1n) is 7.28. The van der Waals surface area contributed by atoms with Gasteiger partial charge < -0.3 is 14.8 Å². The van der Waals surface area contributed by atoms with Gasteiger partial charge in [0.1, 0.15) is 11.4 Å². The Balaban J connectivity index is 1.83. The number of ether oxygens (including phenoxy) is 1. The van der Waals surface area contributed by atoms with E-state index in [0.717, 1.165) is 24.3 Å². The van der Waals surface area contributed by atoms with Gasteiger partial charge in [-0.05, 0) is 48.5 Å². The zero-order valence-electron chi connectivity index (χ0n) is 13.2. The Morgan fingerprint density at radius 3 is 2.33 bits per heavy atom. The highest BCUT2D eigenvalue weighted by atomic mass is 32.2. The summed E-state index contributed by atoms with van der Waals surface area (Å²) in [6.45, 7) is 0. The quantitative estimate of drug-likeness (QED) is 0.607. The van der Waals surface area contributed by atoms with Gasteiger partial charge in [0.25, 0.3) is 10.0 Å². The lowest BCUT2D eigenvalue weighted by molar-refractivity contribution is -0.274. The zero-order valence-corrected chi connectivity index (χ0v) is 14.1. The van der Waals surface area contributed by atoms with E-state index in [1.807, 2.05) is 0 Å². The second-order valence-electron chi connectivity index (χ2n) is 5.41. The summed E-state index contributed by atoms with van der Waals surface area (Å²) >= 11 is 0. The molecule has 0 saturated carbocycles. The topological polar surface area (TPSA) is 108 Å². The number of carboxylic acid groups (broad SMARTS) is 1. The van der Waals surface area contributed by atoms with Gasteiger partial charge in [0.15, 0.2) is 0 Å². The average molecular weight is 400 g/mol. The maximum Gasteiger partial charge on any atom is 0.573 e. The summed E-state index contributed by atoms with van der Waals surface area (Å²) in [5.74, 6) is -1.70. The Morgan fingerprint density at radius 2 is 1.74 bits per heavy atom. The highest BCUT2D eigenvalue weighted by Gasteiger charge is 2.31. The zero-order chi connectivity index (χ0) is 19.8. The van der Waals surface area contributed by atoms with Crippen molar-refractivity contribution < 1.29 is 36.2 Å². The van der Waals surface area contributed by atoms with Crippen molar-refractivity contribution >= 4 is 32.6 Å². The van der Waals surface area contributed by atoms with Crippen LogP contribution in [0.1, 0.15) is 10.5 Å². The number of halogens is 3. The minimum atomic E-state index is -4.88. The Morgan fingerprint density at radius 1 is 1.07 bits per heavy atom. The summed E-state index contributed by atoms with van der Waals surface area (Å²) in [5, 5.41) is 9.43. The van der Waals surface area contributed by atoms with Crippen LogP contribution in [0.25, 0.3) is 10.9 Å². The first-order valence-corrected chi connectivity index (χ1v) is 8.76. The van der Waals surface area contributed by atoms with E-state index >= 15 is 0 Å². The summed E-state index contributed by atoms with van der Waals surface area (Å²) in [4.78, 5) is 13.4. The molecular formula is C16H11F3N2O5S. The van der Waals surface area contributed by atoms with Gasteiger partial charge in [-0.15, -0.1) is 13.2 Å². The van der Waals surface area contributed by atoms with E-state index in [1.54, 1.807) is 0 Å². The number of anilines is 1. The number of benzene rings is 2. The number of aromatic carboxylic acids is 1. The maximum absolute atomic E-state index is 12.4. The second-order valence-corrected chi connectivity index (χ2v) is 7.10. The number of carboxylic acids is 1. The van der Waals surface area contributed by atoms with Gasteiger partial charge in [0, 0.05) is 16.6 Å². The van der Waals surface area contributed by atoms with Crippen molar-refractivity contribution in [2.24, 2.45) is 0 Å². The number of nitrogens with one attached hydrogen (secondary N) is 2. The molecule has 0 fully saturated rings. The van der Waals surface area contributed by atoms with Gasteiger partial charge in [0.2, 0.25) is 0 Å². The number of sulfonamides is 1. The summed E-state index contributed by atoms with van der Waals surface area (Å²) in [5.41, 5.74) is 0.614. The molecule has 3 aromatic rings. The van der Waals surface area contributed by atoms with Crippen LogP contribution in [0, 0.1) is 0 Å². The molecule has 0 radical (unpaired) electrons. The molecule has 0 bridgehead atoms. The maximum atomic E-state index is 12.4. The molecular weight excluding hydrogens is 389 g/mol. The van der Waals surface area contributed by atoms with E-state index in [9.17, 15) is 26.4 Å². The lowest BCUT2D eigenvalue weighted by Gasteiger charge is -2.11. The molecule has 142 valence electrons. The van der Waals surface area contributed by atoms with Gasteiger partial charge in [-0.3, -0.25) is 4.72 Å². The first-order chi connectivity index (χ1) is 12.5. The third-order valence-corrected chi connectivity index (χ3v) is 4.87. The molecule has 11 heteroatoms. The molecule has 0 aliphatic carbocycles. The second kappa shape index (κ2) is 6.50. The summed E-state index contributed by atoms with van der Waals surface area (Å²) in [6.07, 6.45) is -4.88. The summed E-state index contributed by atoms with van der Waals surface area (Å²) in [7, 11) is -4.07. The molecule has 0 saturated heterocycles. The fourth-order valence-corrected chi connectivity index (χ4v) is 3.40. The number of hydrogen-bond acceptors (Lipinski definition) is 4. The van der Waals surface area contributed by atoms with E-state index in [1.165, 1.54) is 24.3 Å². The molecule has 1 heterocycles. The van der Waals surface area contributed by atoms with Crippen molar-refractivity contribution in [3.63, 3.8) is 0 Å². The molecule has 27 heavy (non-hydrogen) atoms. The lowest BCUT2D eigenvalue weighted by atomic mass is 10.2. The Hall–Kier alpha value is -3.21. The van der Waals surface area contributed by atoms with E-state index < -0.39 is 28.1 Å². The average Bonchev–Trinajstić information content (AvgIpc) is 2.97. The minimum absolute atomic E-state index is 0.0507. The van der Waals surface area contributed by atoms with Crippen molar-refractivity contribution in [2.45, 2.75) is 11.3 Å². The van der Waals surface area contributed by atoms with Crippen molar-refractivity contribution in [3.8, 4) is 5.75 Å². The summed E-state index contributed by atoms with van der Waals surface area (Å²) < 4.78 is 67.2. The van der Waals surface area contributed by atoms with E-state index in [2.05, 4.69) is 14.4 Å². The van der Waals surface area contributed by atoms with Gasteiger partial charge in [-0.2, -0.15) is 0 Å². The fourth-order valence-electron chi connectivity index (χ4n) is 2.35. The van der Waals surface area contributed by atoms with Crippen LogP contribution < -0.4 is 9.46 Å². The number of fused-ring (bicyclic) bond motifs is 1. The van der Waals surface area contributed by atoms with Crippen LogP contribution >= 0.6 is 0 Å². The number of alkyl halides is 3. The molecule has 3 rings (SSSR count). The van der Waals surface area contributed by atoms with Gasteiger partial charge in [-0.25, -0.2) is 13.2 Å². The van der Waals surface area contributed by atoms with Crippen LogP contribution in [0.5, 0.6) is 5.75 Å². The Labute approximate surface area is 150 Å². The number of H-pyrrole nitrogens is 1. The molecule has 1 aromatic heterocycles. The first kappa shape index (κ1) is 18.6. The number of carbonyl (C=O) groups is 1. The van der Waals surface area contributed by atoms with Crippen molar-refractivity contribution in [1.82, 2.24) is 4.98 Å². The van der Waals surface area contributed by atoms with E-state index in [-0.39, 0.29) is 16.3 Å². The van der Waals surface area contributed by atoms with Crippen molar-refractivity contribution in [3.05, 3.63) is 54.2 Å². The highest BCUT2D eigenvalue weighted by Crippen LogP contribution is 2.26. The van der Waals surface area contributed by atoms with Crippen LogP contribution in [0.2, 0.25) is 0 Å². The highest BCUT2D eigenvalue weighted by molar-refractivity contribution is 7.92. The number of aromatic amines is 1. The number of hydrogen-bond donors (Lipinski definition) is 3. The molecule has 0 aliphatic rings. The molecule has 2 aromatic carbocycles. The Bertz CT molecular complexity index is 1110. The standard InChI is InChI=1S/C16H11F3N2O5S/c17-16(18,19)26-11-2-4-12(5-3-11)27(24,25)21-10-1-6-13-9(7-10)8-14(20-13)15(22)23/h1-8,20-21H,(H,22,23). The van der Waals surface area contributed by atoms with Crippen molar-refractivity contribution in [2.75, 3.05) is 4.72 Å². The van der Waals surface area contributed by atoms with Crippen LogP contribution in [0.4, 0.5) is 18.9 Å². The predicted octanol–water partition coefficient (Wildman–Crippen LogP) is 3.57. The predicted molar refractivity (Wildman–Crippen MR) is 89.2 cm³/mol. The molecule has 0 amide bonds. The SMILES string of the molecule is O=C(O)c1cc2cc(NS(=O)(=O)c3ccc(OC(F)(F)F)cc3)ccc2[nH]1. The van der Waals surface area contributed by atoms with Gasteiger partial charge in [0.05, 0.1) is 4.90 Å². The monoisotopic (exact) mass is 400 g/mol. The smallest absolute Gasteiger partial charge is 0.477 e. The van der Waals surface area contributed by atoms with Gasteiger partial charge >= 0.3 is 12.3 Å². The molecule has 3 N–H and O–H groups in total. The molecule has 0 aliphatic heterocycles. The fraction of sp³-hybridized carbons (Fsp3) is 0.0625. The minimum Gasteiger partial charge on any atom is -0.477 e. The molecule has 0 spiro atoms. The largest absolute Gasteiger partial charge is 0.573 e. The van der Waals surface area contributed by atoms with Crippen LogP contribution in [0.3, 0.4) is 0 Å². The lowest BCUT2D eigenvalue weighted by Crippen LogP contribution is -2.17. The van der Waals surface area contributed by atoms with Crippen LogP contribution in [-0.2, 0) is 10.0 Å². The van der Waals surface area contributed by atoms with E-state index in [4.69, 9.17) is 5.11 Å². The third kappa shape index (κ3) is 4.31. The Kier molecular flexibility index (Phi) is 4.47. The summed E-state index contributed by atoms with van der Waals surface area (Å²) in [6, 6.07) is 9.41. The van der Waals surface area contributed by atoms with Crippen LogP contribution in [-0.4, -0.2) is 30.8 Å². The third-order valence-electron chi connectivity index (χ3n) is 3.47. The number of rotatable bonds is 5. The van der Waals surface area contributed by atoms with Gasteiger partial charge in [-0.1, -0.05) is 0 Å². The van der Waals surface area contributed by atoms with E-state index in [0.29, 0.717) is 10.9 Å². The number of aromatic nitrogens is 1. The molecule has 0 unspecified atom stereocenters. The molecule has 7 nitrogen and oxygen atoms in total. The molecule has 0 atom stereocenters. The van der Waals surface area contributed by atoms with Crippen molar-refractivity contribution in [1.29, 1.82) is 0 Å². The van der Waals surface area contributed by atoms with Crippen LogP contribution in [0.15, 0.2) is 53.4 Å².